The van der Waals surface area contributed by atoms with Gasteiger partial charge in [0.1, 0.15) is 5.03 Å². The van der Waals surface area contributed by atoms with Gasteiger partial charge < -0.3 is 5.73 Å². The van der Waals surface area contributed by atoms with Crippen molar-refractivity contribution in [3.05, 3.63) is 58.8 Å². The van der Waals surface area contributed by atoms with E-state index >= 15 is 0 Å². The number of primary amides is 1. The molecule has 4 heteroatoms. The molecule has 98 valence electrons. The molecule has 2 rings (SSSR count). The van der Waals surface area contributed by atoms with Crippen LogP contribution in [0.3, 0.4) is 0 Å². The molecule has 0 saturated heterocycles. The molecule has 0 aliphatic carbocycles. The Labute approximate surface area is 117 Å². The van der Waals surface area contributed by atoms with Gasteiger partial charge in [0.2, 0.25) is 0 Å². The molecule has 0 bridgehead atoms. The lowest BCUT2D eigenvalue weighted by Gasteiger charge is -2.07. The van der Waals surface area contributed by atoms with Gasteiger partial charge in [-0.3, -0.25) is 4.79 Å². The lowest BCUT2D eigenvalue weighted by Crippen LogP contribution is -2.12. The minimum absolute atomic E-state index is 0.434. The molecule has 2 N–H and O–H groups in total. The average molecular weight is 272 g/mol. The molecule has 0 saturated carbocycles. The molecule has 0 unspecified atom stereocenters. The van der Waals surface area contributed by atoms with Crippen LogP contribution in [0.5, 0.6) is 0 Å². The summed E-state index contributed by atoms with van der Waals surface area (Å²) in [6.45, 7) is 4.16. The van der Waals surface area contributed by atoms with Crippen molar-refractivity contribution in [1.82, 2.24) is 4.98 Å². The first-order chi connectivity index (χ1) is 9.06. The number of nitrogens with zero attached hydrogens (tertiary/aromatic N) is 1. The van der Waals surface area contributed by atoms with E-state index in [1.54, 1.807) is 18.3 Å². The van der Waals surface area contributed by atoms with Crippen LogP contribution >= 0.6 is 11.8 Å². The maximum Gasteiger partial charge on any atom is 0.251 e. The van der Waals surface area contributed by atoms with Crippen molar-refractivity contribution in [3.63, 3.8) is 0 Å². The monoisotopic (exact) mass is 272 g/mol. The van der Waals surface area contributed by atoms with Crippen LogP contribution in [0.15, 0.2) is 41.6 Å². The van der Waals surface area contributed by atoms with Crippen LogP contribution in [0, 0.1) is 13.8 Å². The molecule has 0 aliphatic heterocycles. The molecular weight excluding hydrogens is 256 g/mol. The van der Waals surface area contributed by atoms with Gasteiger partial charge in [-0.25, -0.2) is 4.98 Å². The zero-order valence-electron chi connectivity index (χ0n) is 11.0. The van der Waals surface area contributed by atoms with Crippen LogP contribution < -0.4 is 5.73 Å². The normalized spacial score (nSPS) is 10.4. The summed E-state index contributed by atoms with van der Waals surface area (Å²) in [4.78, 5) is 15.5. The molecule has 1 aromatic carbocycles. The van der Waals surface area contributed by atoms with Gasteiger partial charge in [0.15, 0.2) is 0 Å². The summed E-state index contributed by atoms with van der Waals surface area (Å²) >= 11 is 1.53. The topological polar surface area (TPSA) is 56.0 Å². The Morgan fingerprint density at radius 3 is 2.58 bits per heavy atom. The number of aromatic nitrogens is 1. The Kier molecular flexibility index (Phi) is 4.22. The fourth-order valence-electron chi connectivity index (χ4n) is 2.00. The SMILES string of the molecule is Cc1cc(C)cc(CSc2ncccc2C(N)=O)c1. The third-order valence-corrected chi connectivity index (χ3v) is 3.77. The van der Waals surface area contributed by atoms with Crippen molar-refractivity contribution >= 4 is 17.7 Å². The molecule has 0 spiro atoms. The van der Waals surface area contributed by atoms with E-state index in [0.717, 1.165) is 5.75 Å². The van der Waals surface area contributed by atoms with Crippen LogP contribution in [0.1, 0.15) is 27.0 Å². The van der Waals surface area contributed by atoms with E-state index < -0.39 is 5.91 Å². The Morgan fingerprint density at radius 2 is 1.95 bits per heavy atom. The molecule has 0 aliphatic rings. The largest absolute Gasteiger partial charge is 0.366 e. The molecule has 2 aromatic rings. The summed E-state index contributed by atoms with van der Waals surface area (Å²) in [6.07, 6.45) is 1.68. The summed E-state index contributed by atoms with van der Waals surface area (Å²) in [6, 6.07) is 9.86. The molecule has 1 heterocycles. The first-order valence-electron chi connectivity index (χ1n) is 6.01. The first-order valence-corrected chi connectivity index (χ1v) is 6.99. The van der Waals surface area contributed by atoms with E-state index in [1.165, 1.54) is 28.5 Å². The standard InChI is InChI=1S/C15H16N2OS/c1-10-6-11(2)8-12(7-10)9-19-15-13(14(16)18)4-3-5-17-15/h3-8H,9H2,1-2H3,(H2,16,18). The van der Waals surface area contributed by atoms with Crippen molar-refractivity contribution < 1.29 is 4.79 Å². The smallest absolute Gasteiger partial charge is 0.251 e. The summed E-state index contributed by atoms with van der Waals surface area (Å²) < 4.78 is 0. The van der Waals surface area contributed by atoms with E-state index in [1.807, 2.05) is 0 Å². The molecule has 1 amide bonds. The number of aryl methyl sites for hydroxylation is 2. The highest BCUT2D eigenvalue weighted by molar-refractivity contribution is 7.98. The van der Waals surface area contributed by atoms with Gasteiger partial charge in [-0.15, -0.1) is 11.8 Å². The van der Waals surface area contributed by atoms with E-state index in [4.69, 9.17) is 5.73 Å². The van der Waals surface area contributed by atoms with Gasteiger partial charge in [0.05, 0.1) is 5.56 Å². The summed E-state index contributed by atoms with van der Waals surface area (Å²) in [7, 11) is 0. The van der Waals surface area contributed by atoms with Crippen molar-refractivity contribution in [2.24, 2.45) is 5.73 Å². The number of hydrogen-bond donors (Lipinski definition) is 1. The number of thioether (sulfide) groups is 1. The predicted molar refractivity (Wildman–Crippen MR) is 78.2 cm³/mol. The van der Waals surface area contributed by atoms with E-state index in [2.05, 4.69) is 37.0 Å². The lowest BCUT2D eigenvalue weighted by atomic mass is 10.1. The van der Waals surface area contributed by atoms with Crippen LogP contribution in [-0.2, 0) is 5.75 Å². The fraction of sp³-hybridized carbons (Fsp3) is 0.200. The van der Waals surface area contributed by atoms with Gasteiger partial charge in [-0.05, 0) is 31.5 Å². The number of pyridine rings is 1. The Bertz CT molecular complexity index is 591. The second-order valence-corrected chi connectivity index (χ2v) is 5.47. The highest BCUT2D eigenvalue weighted by Crippen LogP contribution is 2.24. The van der Waals surface area contributed by atoms with E-state index in [9.17, 15) is 4.79 Å². The average Bonchev–Trinajstić information content (AvgIpc) is 2.35. The van der Waals surface area contributed by atoms with Crippen molar-refractivity contribution in [2.75, 3.05) is 0 Å². The van der Waals surface area contributed by atoms with Crippen molar-refractivity contribution in [1.29, 1.82) is 0 Å². The summed E-state index contributed by atoms with van der Waals surface area (Å²) in [5.74, 6) is 0.343. The van der Waals surface area contributed by atoms with Gasteiger partial charge in [0, 0.05) is 11.9 Å². The minimum Gasteiger partial charge on any atom is -0.366 e. The highest BCUT2D eigenvalue weighted by Gasteiger charge is 2.09. The fourth-order valence-corrected chi connectivity index (χ4v) is 2.93. The number of carbonyl (C=O) groups is 1. The summed E-state index contributed by atoms with van der Waals surface area (Å²) in [5, 5.41) is 0.689. The number of rotatable bonds is 4. The van der Waals surface area contributed by atoms with Gasteiger partial charge in [-0.2, -0.15) is 0 Å². The first kappa shape index (κ1) is 13.6. The second-order valence-electron chi connectivity index (χ2n) is 4.51. The van der Waals surface area contributed by atoms with Crippen LogP contribution in [-0.4, -0.2) is 10.9 Å². The van der Waals surface area contributed by atoms with Gasteiger partial charge >= 0.3 is 0 Å². The Balaban J connectivity index is 2.16. The number of carbonyl (C=O) groups excluding carboxylic acids is 1. The molecule has 0 fully saturated rings. The third kappa shape index (κ3) is 3.58. The van der Waals surface area contributed by atoms with Gasteiger partial charge in [0.25, 0.3) is 5.91 Å². The molecular formula is C15H16N2OS. The van der Waals surface area contributed by atoms with Gasteiger partial charge in [-0.1, -0.05) is 29.3 Å². The maximum absolute atomic E-state index is 11.3. The Hall–Kier alpha value is -1.81. The molecule has 19 heavy (non-hydrogen) atoms. The van der Waals surface area contributed by atoms with Crippen LogP contribution in [0.4, 0.5) is 0 Å². The lowest BCUT2D eigenvalue weighted by molar-refractivity contribution is 0.0997. The van der Waals surface area contributed by atoms with Crippen molar-refractivity contribution in [3.8, 4) is 0 Å². The minimum atomic E-state index is -0.434. The number of nitrogens with two attached hydrogens (primary N) is 1. The molecule has 1 aromatic heterocycles. The Morgan fingerprint density at radius 1 is 1.26 bits per heavy atom. The number of amides is 1. The van der Waals surface area contributed by atoms with Crippen molar-refractivity contribution in [2.45, 2.75) is 24.6 Å². The highest BCUT2D eigenvalue weighted by atomic mass is 32.2. The quantitative estimate of drug-likeness (QED) is 0.870. The zero-order valence-corrected chi connectivity index (χ0v) is 11.8. The van der Waals surface area contributed by atoms with Crippen LogP contribution in [0.2, 0.25) is 0 Å². The maximum atomic E-state index is 11.3. The summed E-state index contributed by atoms with van der Waals surface area (Å²) in [5.41, 5.74) is 9.53. The number of hydrogen-bond acceptors (Lipinski definition) is 3. The van der Waals surface area contributed by atoms with E-state index in [0.29, 0.717) is 10.6 Å². The second kappa shape index (κ2) is 5.89. The molecule has 0 radical (unpaired) electrons. The number of benzene rings is 1. The molecule has 3 nitrogen and oxygen atoms in total. The van der Waals surface area contributed by atoms with Crippen LogP contribution in [0.25, 0.3) is 0 Å². The van der Waals surface area contributed by atoms with E-state index in [-0.39, 0.29) is 0 Å². The molecule has 0 atom stereocenters. The zero-order chi connectivity index (χ0) is 13.8. The third-order valence-electron chi connectivity index (χ3n) is 2.69. The predicted octanol–water partition coefficient (Wildman–Crippen LogP) is 3.09.